The van der Waals surface area contributed by atoms with Gasteiger partial charge in [-0.25, -0.2) is 9.37 Å². The summed E-state index contributed by atoms with van der Waals surface area (Å²) in [5.74, 6) is 1.80. The highest BCUT2D eigenvalue weighted by Crippen LogP contribution is 2.32. The zero-order chi connectivity index (χ0) is 19.1. The molecule has 28 heavy (non-hydrogen) atoms. The van der Waals surface area contributed by atoms with E-state index in [0.29, 0.717) is 34.4 Å². The van der Waals surface area contributed by atoms with Gasteiger partial charge >= 0.3 is 0 Å². The molecule has 2 atom stereocenters. The van der Waals surface area contributed by atoms with E-state index in [2.05, 4.69) is 9.88 Å². The summed E-state index contributed by atoms with van der Waals surface area (Å²) in [4.78, 5) is 23.5. The lowest BCUT2D eigenvalue weighted by Gasteiger charge is -2.18. The number of thiophene rings is 1. The number of ether oxygens (including phenoxy) is 1. The molecular formula is C21H22FN3O2S. The van der Waals surface area contributed by atoms with Crippen LogP contribution in [0.3, 0.4) is 0 Å². The Morgan fingerprint density at radius 2 is 2.11 bits per heavy atom. The first kappa shape index (κ1) is 18.0. The Hall–Kier alpha value is -2.09. The van der Waals surface area contributed by atoms with E-state index in [0.717, 1.165) is 36.7 Å². The predicted octanol–water partition coefficient (Wildman–Crippen LogP) is 3.65. The fourth-order valence-electron chi connectivity index (χ4n) is 4.35. The van der Waals surface area contributed by atoms with Crippen LogP contribution >= 0.6 is 11.3 Å². The van der Waals surface area contributed by atoms with Crippen LogP contribution in [0.5, 0.6) is 0 Å². The minimum atomic E-state index is -0.267. The van der Waals surface area contributed by atoms with Gasteiger partial charge in [0.15, 0.2) is 0 Å². The van der Waals surface area contributed by atoms with E-state index >= 15 is 0 Å². The molecule has 0 saturated carbocycles. The summed E-state index contributed by atoms with van der Waals surface area (Å²) in [6.07, 6.45) is 2.36. The van der Waals surface area contributed by atoms with E-state index in [-0.39, 0.29) is 11.4 Å². The SMILES string of the molecule is O=c1[nH]c(CN2CCC(C3CCOC3)C2)nc2cc(-c3ccc(F)cc3)sc12. The van der Waals surface area contributed by atoms with Crippen LogP contribution in [-0.2, 0) is 11.3 Å². The van der Waals surface area contributed by atoms with Crippen molar-refractivity contribution in [2.45, 2.75) is 19.4 Å². The monoisotopic (exact) mass is 399 g/mol. The Morgan fingerprint density at radius 1 is 1.25 bits per heavy atom. The van der Waals surface area contributed by atoms with Gasteiger partial charge in [-0.1, -0.05) is 12.1 Å². The number of hydrogen-bond donors (Lipinski definition) is 1. The van der Waals surface area contributed by atoms with Crippen molar-refractivity contribution < 1.29 is 9.13 Å². The Bertz CT molecular complexity index is 1040. The number of aromatic nitrogens is 2. The second-order valence-corrected chi connectivity index (χ2v) is 8.80. The van der Waals surface area contributed by atoms with Crippen LogP contribution in [0.1, 0.15) is 18.7 Å². The Kier molecular flexibility index (Phi) is 4.74. The van der Waals surface area contributed by atoms with Gasteiger partial charge < -0.3 is 9.72 Å². The van der Waals surface area contributed by atoms with E-state index in [1.54, 1.807) is 12.1 Å². The van der Waals surface area contributed by atoms with E-state index in [9.17, 15) is 9.18 Å². The molecule has 4 heterocycles. The van der Waals surface area contributed by atoms with Crippen LogP contribution in [0, 0.1) is 17.7 Å². The molecule has 2 fully saturated rings. The smallest absolute Gasteiger partial charge is 0.268 e. The van der Waals surface area contributed by atoms with E-state index < -0.39 is 0 Å². The molecule has 5 nitrogen and oxygen atoms in total. The number of rotatable bonds is 4. The van der Waals surface area contributed by atoms with E-state index in [4.69, 9.17) is 9.72 Å². The summed E-state index contributed by atoms with van der Waals surface area (Å²) >= 11 is 1.40. The summed E-state index contributed by atoms with van der Waals surface area (Å²) < 4.78 is 19.3. The first-order valence-corrected chi connectivity index (χ1v) is 10.6. The minimum Gasteiger partial charge on any atom is -0.381 e. The van der Waals surface area contributed by atoms with Crippen LogP contribution in [0.15, 0.2) is 35.1 Å². The molecular weight excluding hydrogens is 377 g/mol. The minimum absolute atomic E-state index is 0.0988. The normalized spacial score (nSPS) is 23.0. The van der Waals surface area contributed by atoms with Gasteiger partial charge in [-0.2, -0.15) is 0 Å². The molecule has 0 amide bonds. The molecule has 2 unspecified atom stereocenters. The molecule has 0 aliphatic carbocycles. The van der Waals surface area contributed by atoms with Crippen molar-refractivity contribution in [1.29, 1.82) is 0 Å². The zero-order valence-corrected chi connectivity index (χ0v) is 16.3. The van der Waals surface area contributed by atoms with Crippen LogP contribution in [0.4, 0.5) is 4.39 Å². The van der Waals surface area contributed by atoms with Crippen molar-refractivity contribution in [1.82, 2.24) is 14.9 Å². The van der Waals surface area contributed by atoms with Crippen molar-refractivity contribution in [3.8, 4) is 10.4 Å². The summed E-state index contributed by atoms with van der Waals surface area (Å²) in [5.41, 5.74) is 1.51. The second kappa shape index (κ2) is 7.39. The molecule has 2 aliphatic heterocycles. The van der Waals surface area contributed by atoms with Gasteiger partial charge in [0.25, 0.3) is 5.56 Å². The summed E-state index contributed by atoms with van der Waals surface area (Å²) in [7, 11) is 0. The van der Waals surface area contributed by atoms with Gasteiger partial charge in [0.1, 0.15) is 16.3 Å². The molecule has 7 heteroatoms. The van der Waals surface area contributed by atoms with Crippen molar-refractivity contribution in [2.24, 2.45) is 11.8 Å². The quantitative estimate of drug-likeness (QED) is 0.728. The maximum absolute atomic E-state index is 13.2. The topological polar surface area (TPSA) is 58.2 Å². The standard InChI is InChI=1S/C21H22FN3O2S/c22-16-3-1-13(2-4-16)18-9-17-20(28-18)21(26)24-19(23-17)11-25-7-5-14(10-25)15-6-8-27-12-15/h1-4,9,14-15H,5-8,10-12H2,(H,23,24,26). The summed E-state index contributed by atoms with van der Waals surface area (Å²) in [5, 5.41) is 0. The highest BCUT2D eigenvalue weighted by Gasteiger charge is 2.32. The maximum Gasteiger partial charge on any atom is 0.268 e. The number of nitrogens with one attached hydrogen (secondary N) is 1. The largest absolute Gasteiger partial charge is 0.381 e. The van der Waals surface area contributed by atoms with Gasteiger partial charge in [0, 0.05) is 24.6 Å². The average Bonchev–Trinajstić information content (AvgIpc) is 3.42. The third-order valence-corrected chi connectivity index (χ3v) is 7.05. The molecule has 146 valence electrons. The number of H-pyrrole nitrogens is 1. The molecule has 0 radical (unpaired) electrons. The van der Waals surface area contributed by atoms with Crippen molar-refractivity contribution in [3.05, 3.63) is 52.3 Å². The average molecular weight is 399 g/mol. The molecule has 0 bridgehead atoms. The van der Waals surface area contributed by atoms with Gasteiger partial charge in [-0.15, -0.1) is 11.3 Å². The molecule has 1 N–H and O–H groups in total. The fraction of sp³-hybridized carbons (Fsp3) is 0.429. The Labute approximate surface area is 166 Å². The lowest BCUT2D eigenvalue weighted by molar-refractivity contribution is 0.171. The fourth-order valence-corrected chi connectivity index (χ4v) is 5.34. The number of benzene rings is 1. The molecule has 5 rings (SSSR count). The lowest BCUT2D eigenvalue weighted by Crippen LogP contribution is -2.25. The van der Waals surface area contributed by atoms with Crippen LogP contribution in [-0.4, -0.2) is 41.2 Å². The molecule has 2 aliphatic rings. The molecule has 2 aromatic heterocycles. The van der Waals surface area contributed by atoms with Crippen LogP contribution < -0.4 is 5.56 Å². The van der Waals surface area contributed by atoms with E-state index in [1.165, 1.54) is 36.3 Å². The van der Waals surface area contributed by atoms with E-state index in [1.807, 2.05) is 6.07 Å². The predicted molar refractivity (Wildman–Crippen MR) is 108 cm³/mol. The van der Waals surface area contributed by atoms with Gasteiger partial charge in [-0.05, 0) is 55.0 Å². The molecule has 3 aromatic rings. The van der Waals surface area contributed by atoms with Crippen molar-refractivity contribution in [2.75, 3.05) is 26.3 Å². The number of halogens is 1. The van der Waals surface area contributed by atoms with Gasteiger partial charge in [0.05, 0.1) is 12.1 Å². The number of aromatic amines is 1. The molecule has 2 saturated heterocycles. The first-order chi connectivity index (χ1) is 13.7. The highest BCUT2D eigenvalue weighted by molar-refractivity contribution is 7.22. The second-order valence-electron chi connectivity index (χ2n) is 7.75. The Morgan fingerprint density at radius 3 is 2.89 bits per heavy atom. The molecule has 1 aromatic carbocycles. The third kappa shape index (κ3) is 3.50. The van der Waals surface area contributed by atoms with Crippen LogP contribution in [0.2, 0.25) is 0 Å². The zero-order valence-electron chi connectivity index (χ0n) is 15.5. The van der Waals surface area contributed by atoms with Gasteiger partial charge in [0.2, 0.25) is 0 Å². The van der Waals surface area contributed by atoms with Crippen molar-refractivity contribution >= 4 is 21.6 Å². The number of fused-ring (bicyclic) bond motifs is 1. The molecule has 0 spiro atoms. The van der Waals surface area contributed by atoms with Gasteiger partial charge in [-0.3, -0.25) is 9.69 Å². The number of nitrogens with zero attached hydrogens (tertiary/aromatic N) is 2. The highest BCUT2D eigenvalue weighted by atomic mass is 32.1. The number of likely N-dealkylation sites (tertiary alicyclic amines) is 1. The lowest BCUT2D eigenvalue weighted by atomic mass is 9.91. The maximum atomic E-state index is 13.2. The summed E-state index contributed by atoms with van der Waals surface area (Å²) in [6, 6.07) is 8.25. The summed E-state index contributed by atoms with van der Waals surface area (Å²) in [6.45, 7) is 4.52. The third-order valence-electron chi connectivity index (χ3n) is 5.87. The first-order valence-electron chi connectivity index (χ1n) is 9.74. The Balaban J connectivity index is 1.36. The van der Waals surface area contributed by atoms with Crippen molar-refractivity contribution in [3.63, 3.8) is 0 Å². The van der Waals surface area contributed by atoms with Crippen LogP contribution in [0.25, 0.3) is 20.7 Å². The number of hydrogen-bond acceptors (Lipinski definition) is 5.